The third kappa shape index (κ3) is 6.93. The van der Waals surface area contributed by atoms with E-state index in [0.29, 0.717) is 17.6 Å². The SMILES string of the molecule is COCCCN(CC(N)=S)C(C)C. The predicted octanol–water partition coefficient (Wildman–Crippen LogP) is 1.02. The van der Waals surface area contributed by atoms with Crippen molar-refractivity contribution in [3.05, 3.63) is 0 Å². The molecule has 0 unspecified atom stereocenters. The minimum Gasteiger partial charge on any atom is -0.392 e. The maximum Gasteiger partial charge on any atom is 0.0870 e. The van der Waals surface area contributed by atoms with Crippen LogP contribution in [0.25, 0.3) is 0 Å². The van der Waals surface area contributed by atoms with E-state index < -0.39 is 0 Å². The Hall–Kier alpha value is -0.190. The Morgan fingerprint density at radius 3 is 2.54 bits per heavy atom. The summed E-state index contributed by atoms with van der Waals surface area (Å²) in [7, 11) is 1.72. The molecule has 0 bridgehead atoms. The van der Waals surface area contributed by atoms with Gasteiger partial charge in [0, 0.05) is 32.8 Å². The first-order valence-corrected chi connectivity index (χ1v) is 5.00. The molecule has 0 aromatic carbocycles. The summed E-state index contributed by atoms with van der Waals surface area (Å²) in [6, 6.07) is 0.485. The van der Waals surface area contributed by atoms with E-state index in [9.17, 15) is 0 Å². The first kappa shape index (κ1) is 12.8. The van der Waals surface area contributed by atoms with E-state index in [-0.39, 0.29) is 0 Å². The van der Waals surface area contributed by atoms with Crippen molar-refractivity contribution >= 4 is 17.2 Å². The summed E-state index contributed by atoms with van der Waals surface area (Å²) in [4.78, 5) is 2.81. The molecule has 0 aliphatic carbocycles. The molecule has 0 saturated carbocycles. The van der Waals surface area contributed by atoms with Crippen LogP contribution in [0.5, 0.6) is 0 Å². The number of methoxy groups -OCH3 is 1. The molecule has 0 aliphatic rings. The molecule has 4 heteroatoms. The number of thiocarbonyl (C=S) groups is 1. The zero-order valence-corrected chi connectivity index (χ0v) is 9.56. The van der Waals surface area contributed by atoms with Gasteiger partial charge in [0.05, 0.1) is 4.99 Å². The highest BCUT2D eigenvalue weighted by atomic mass is 32.1. The Morgan fingerprint density at radius 2 is 2.15 bits per heavy atom. The van der Waals surface area contributed by atoms with E-state index in [2.05, 4.69) is 18.7 Å². The number of ether oxygens (including phenoxy) is 1. The Kier molecular flexibility index (Phi) is 7.13. The van der Waals surface area contributed by atoms with Crippen LogP contribution in [0.4, 0.5) is 0 Å². The Labute approximate surface area is 86.2 Å². The minimum atomic E-state index is 0.485. The number of hydrogen-bond acceptors (Lipinski definition) is 3. The van der Waals surface area contributed by atoms with Gasteiger partial charge >= 0.3 is 0 Å². The molecule has 13 heavy (non-hydrogen) atoms. The van der Waals surface area contributed by atoms with Gasteiger partial charge in [0.15, 0.2) is 0 Å². The first-order valence-electron chi connectivity index (χ1n) is 4.59. The molecule has 0 aliphatic heterocycles. The first-order chi connectivity index (χ1) is 6.07. The Balaban J connectivity index is 3.74. The summed E-state index contributed by atoms with van der Waals surface area (Å²) < 4.78 is 4.99. The molecule has 0 radical (unpaired) electrons. The van der Waals surface area contributed by atoms with Gasteiger partial charge in [0.2, 0.25) is 0 Å². The molecule has 0 aromatic heterocycles. The van der Waals surface area contributed by atoms with Crippen molar-refractivity contribution in [1.29, 1.82) is 0 Å². The number of nitrogens with zero attached hydrogens (tertiary/aromatic N) is 1. The van der Waals surface area contributed by atoms with Crippen LogP contribution in [0, 0.1) is 0 Å². The van der Waals surface area contributed by atoms with E-state index >= 15 is 0 Å². The highest BCUT2D eigenvalue weighted by Gasteiger charge is 2.09. The van der Waals surface area contributed by atoms with Gasteiger partial charge in [0.1, 0.15) is 0 Å². The quantitative estimate of drug-likeness (QED) is 0.496. The lowest BCUT2D eigenvalue weighted by Crippen LogP contribution is -2.38. The summed E-state index contributed by atoms with van der Waals surface area (Å²) >= 11 is 4.87. The van der Waals surface area contributed by atoms with Crippen LogP contribution in [-0.2, 0) is 4.74 Å². The van der Waals surface area contributed by atoms with Crippen molar-refractivity contribution in [3.8, 4) is 0 Å². The zero-order chi connectivity index (χ0) is 10.3. The summed E-state index contributed by atoms with van der Waals surface area (Å²) in [5, 5.41) is 0. The lowest BCUT2D eigenvalue weighted by molar-refractivity contribution is 0.167. The van der Waals surface area contributed by atoms with Gasteiger partial charge in [-0.1, -0.05) is 12.2 Å². The zero-order valence-electron chi connectivity index (χ0n) is 8.75. The fraction of sp³-hybridized carbons (Fsp3) is 0.889. The standard InChI is InChI=1S/C9H20N2OS/c1-8(2)11(7-9(10)13)5-4-6-12-3/h8H,4-7H2,1-3H3,(H2,10,13). The van der Waals surface area contributed by atoms with Crippen molar-refractivity contribution < 1.29 is 4.74 Å². The smallest absolute Gasteiger partial charge is 0.0870 e. The fourth-order valence-corrected chi connectivity index (χ4v) is 1.30. The van der Waals surface area contributed by atoms with Gasteiger partial charge < -0.3 is 10.5 Å². The summed E-state index contributed by atoms with van der Waals surface area (Å²) in [5.41, 5.74) is 5.49. The van der Waals surface area contributed by atoms with Crippen LogP contribution >= 0.6 is 12.2 Å². The molecule has 0 fully saturated rings. The number of hydrogen-bond donors (Lipinski definition) is 1. The molecular weight excluding hydrogens is 184 g/mol. The van der Waals surface area contributed by atoms with Gasteiger partial charge in [-0.25, -0.2) is 0 Å². The van der Waals surface area contributed by atoms with Gasteiger partial charge in [-0.3, -0.25) is 4.90 Å². The molecule has 0 spiro atoms. The van der Waals surface area contributed by atoms with Crippen molar-refractivity contribution in [2.45, 2.75) is 26.3 Å². The maximum atomic E-state index is 5.49. The molecule has 0 atom stereocenters. The van der Waals surface area contributed by atoms with Crippen LogP contribution in [0.2, 0.25) is 0 Å². The summed E-state index contributed by atoms with van der Waals surface area (Å²) in [5.74, 6) is 0. The van der Waals surface area contributed by atoms with Crippen LogP contribution in [-0.4, -0.2) is 42.7 Å². The van der Waals surface area contributed by atoms with Gasteiger partial charge in [0.25, 0.3) is 0 Å². The predicted molar refractivity (Wildman–Crippen MR) is 60.0 cm³/mol. The van der Waals surface area contributed by atoms with Crippen molar-refractivity contribution in [3.63, 3.8) is 0 Å². The van der Waals surface area contributed by atoms with Gasteiger partial charge in [-0.2, -0.15) is 0 Å². The lowest BCUT2D eigenvalue weighted by atomic mass is 10.3. The largest absolute Gasteiger partial charge is 0.392 e. The average molecular weight is 204 g/mol. The molecule has 0 saturated heterocycles. The van der Waals surface area contributed by atoms with Crippen molar-refractivity contribution in [2.75, 3.05) is 26.8 Å². The second-order valence-corrected chi connectivity index (χ2v) is 3.90. The Morgan fingerprint density at radius 1 is 1.54 bits per heavy atom. The lowest BCUT2D eigenvalue weighted by Gasteiger charge is -2.25. The summed E-state index contributed by atoms with van der Waals surface area (Å²) in [6.07, 6.45) is 1.03. The molecule has 0 amide bonds. The topological polar surface area (TPSA) is 38.5 Å². The molecule has 2 N–H and O–H groups in total. The molecule has 0 heterocycles. The van der Waals surface area contributed by atoms with E-state index in [1.165, 1.54) is 0 Å². The van der Waals surface area contributed by atoms with Crippen molar-refractivity contribution in [1.82, 2.24) is 4.90 Å². The normalized spacial score (nSPS) is 11.2. The maximum absolute atomic E-state index is 5.49. The minimum absolute atomic E-state index is 0.485. The number of rotatable bonds is 7. The van der Waals surface area contributed by atoms with E-state index in [1.54, 1.807) is 7.11 Å². The molecule has 0 rings (SSSR count). The summed E-state index contributed by atoms with van der Waals surface area (Å²) in [6.45, 7) is 6.77. The van der Waals surface area contributed by atoms with Gasteiger partial charge in [-0.15, -0.1) is 0 Å². The van der Waals surface area contributed by atoms with Crippen LogP contribution in [0.1, 0.15) is 20.3 Å². The second kappa shape index (κ2) is 7.24. The third-order valence-corrected chi connectivity index (χ3v) is 2.01. The molecule has 0 aromatic rings. The third-order valence-electron chi connectivity index (χ3n) is 1.88. The van der Waals surface area contributed by atoms with Crippen LogP contribution < -0.4 is 5.73 Å². The highest BCUT2D eigenvalue weighted by molar-refractivity contribution is 7.80. The van der Waals surface area contributed by atoms with Gasteiger partial charge in [-0.05, 0) is 20.3 Å². The van der Waals surface area contributed by atoms with E-state index in [0.717, 1.165) is 19.6 Å². The second-order valence-electron chi connectivity index (χ2n) is 3.38. The molecule has 78 valence electrons. The van der Waals surface area contributed by atoms with Crippen molar-refractivity contribution in [2.24, 2.45) is 5.73 Å². The van der Waals surface area contributed by atoms with Crippen LogP contribution in [0.15, 0.2) is 0 Å². The van der Waals surface area contributed by atoms with Crippen LogP contribution in [0.3, 0.4) is 0 Å². The molecule has 3 nitrogen and oxygen atoms in total. The Bertz CT molecular complexity index is 151. The number of nitrogens with two attached hydrogens (primary N) is 1. The highest BCUT2D eigenvalue weighted by Crippen LogP contribution is 1.99. The van der Waals surface area contributed by atoms with E-state index in [1.807, 2.05) is 0 Å². The van der Waals surface area contributed by atoms with E-state index in [4.69, 9.17) is 22.7 Å². The molecular formula is C9H20N2OS. The average Bonchev–Trinajstić information content (AvgIpc) is 2.02. The fourth-order valence-electron chi connectivity index (χ4n) is 1.13. The monoisotopic (exact) mass is 204 g/mol.